The maximum absolute atomic E-state index is 12.3. The molecule has 1 atom stereocenters. The number of fused-ring (bicyclic) bond motifs is 1. The molecule has 0 bridgehead atoms. The van der Waals surface area contributed by atoms with Crippen molar-refractivity contribution in [3.63, 3.8) is 0 Å². The van der Waals surface area contributed by atoms with Gasteiger partial charge in [-0.2, -0.15) is 0 Å². The lowest BCUT2D eigenvalue weighted by Gasteiger charge is -2.12. The monoisotopic (exact) mass is 293 g/mol. The number of benzene rings is 1. The fourth-order valence-electron chi connectivity index (χ4n) is 2.78. The third-order valence-corrected chi connectivity index (χ3v) is 5.56. The summed E-state index contributed by atoms with van der Waals surface area (Å²) in [4.78, 5) is 1.02. The van der Waals surface area contributed by atoms with E-state index in [9.17, 15) is 4.21 Å². The Bertz CT molecular complexity index is 433. The van der Waals surface area contributed by atoms with Crippen LogP contribution in [-0.2, 0) is 17.5 Å². The smallest absolute Gasteiger partial charge is 0.128 e. The molecule has 1 aliphatic heterocycles. The fourth-order valence-corrected chi connectivity index (χ4v) is 4.16. The molecule has 0 aromatic heterocycles. The summed E-state index contributed by atoms with van der Waals surface area (Å²) in [5.41, 5.74) is 1.24. The number of hydrogen-bond acceptors (Lipinski definition) is 1. The van der Waals surface area contributed by atoms with Gasteiger partial charge in [0.2, 0.25) is 0 Å². The Morgan fingerprint density at radius 3 is 2.35 bits per heavy atom. The van der Waals surface area contributed by atoms with Crippen LogP contribution in [0.1, 0.15) is 63.9 Å². The van der Waals surface area contributed by atoms with E-state index in [1.807, 2.05) is 18.2 Å². The molecule has 0 fully saturated rings. The Balaban J connectivity index is 1.59. The van der Waals surface area contributed by atoms with Crippen LogP contribution in [0.2, 0.25) is 0 Å². The Labute approximate surface area is 126 Å². The highest BCUT2D eigenvalue weighted by molar-refractivity contribution is 7.83. The van der Waals surface area contributed by atoms with Crippen LogP contribution in [-0.4, -0.2) is 15.1 Å². The van der Waals surface area contributed by atoms with Crippen molar-refractivity contribution in [2.75, 3.05) is 6.54 Å². The van der Waals surface area contributed by atoms with Crippen molar-refractivity contribution in [3.05, 3.63) is 29.8 Å². The summed E-state index contributed by atoms with van der Waals surface area (Å²) in [5, 5.41) is 0. The number of rotatable bonds is 9. The van der Waals surface area contributed by atoms with Gasteiger partial charge in [-0.25, -0.2) is 8.51 Å². The Morgan fingerprint density at radius 2 is 1.65 bits per heavy atom. The summed E-state index contributed by atoms with van der Waals surface area (Å²) in [6, 6.07) is 8.12. The highest BCUT2D eigenvalue weighted by atomic mass is 32.2. The molecule has 1 aliphatic rings. The minimum atomic E-state index is -0.914. The van der Waals surface area contributed by atoms with Crippen LogP contribution < -0.4 is 0 Å². The Morgan fingerprint density at radius 1 is 1.00 bits per heavy atom. The zero-order valence-corrected chi connectivity index (χ0v) is 13.5. The van der Waals surface area contributed by atoms with Crippen LogP contribution in [0.4, 0.5) is 0 Å². The average molecular weight is 293 g/mol. The number of nitrogens with zero attached hydrogens (tertiary/aromatic N) is 1. The van der Waals surface area contributed by atoms with Crippen molar-refractivity contribution in [2.45, 2.75) is 69.7 Å². The summed E-state index contributed by atoms with van der Waals surface area (Å²) in [6.45, 7) is 4.09. The lowest BCUT2D eigenvalue weighted by molar-refractivity contribution is 0.431. The first-order valence-corrected chi connectivity index (χ1v) is 9.18. The molecule has 0 N–H and O–H groups in total. The second-order valence-corrected chi connectivity index (χ2v) is 7.15. The van der Waals surface area contributed by atoms with E-state index >= 15 is 0 Å². The van der Waals surface area contributed by atoms with Crippen molar-refractivity contribution >= 4 is 11.0 Å². The molecule has 0 saturated carbocycles. The van der Waals surface area contributed by atoms with E-state index in [2.05, 4.69) is 17.3 Å². The Kier molecular flexibility index (Phi) is 6.74. The minimum Gasteiger partial charge on any atom is -0.237 e. The highest BCUT2D eigenvalue weighted by Gasteiger charge is 2.25. The minimum absolute atomic E-state index is 0.860. The van der Waals surface area contributed by atoms with Crippen molar-refractivity contribution in [1.82, 2.24) is 4.31 Å². The molecule has 1 aromatic carbocycles. The molecule has 2 nitrogen and oxygen atoms in total. The predicted molar refractivity (Wildman–Crippen MR) is 85.9 cm³/mol. The summed E-state index contributed by atoms with van der Waals surface area (Å²) in [7, 11) is -0.914. The predicted octanol–water partition coefficient (Wildman–Crippen LogP) is 4.67. The van der Waals surface area contributed by atoms with Crippen LogP contribution in [0.5, 0.6) is 0 Å². The number of unbranched alkanes of at least 4 members (excludes halogenated alkanes) is 7. The van der Waals surface area contributed by atoms with Gasteiger partial charge >= 0.3 is 0 Å². The highest BCUT2D eigenvalue weighted by Crippen LogP contribution is 2.26. The third-order valence-electron chi connectivity index (χ3n) is 4.00. The normalized spacial score (nSPS) is 18.4. The largest absolute Gasteiger partial charge is 0.237 e. The summed E-state index contributed by atoms with van der Waals surface area (Å²) >= 11 is 0. The van der Waals surface area contributed by atoms with Crippen molar-refractivity contribution in [3.8, 4) is 0 Å². The molecule has 2 rings (SSSR count). The first-order chi connectivity index (χ1) is 9.83. The first kappa shape index (κ1) is 15.7. The van der Waals surface area contributed by atoms with Gasteiger partial charge in [0.05, 0.1) is 4.90 Å². The van der Waals surface area contributed by atoms with Crippen molar-refractivity contribution in [1.29, 1.82) is 0 Å². The van der Waals surface area contributed by atoms with Crippen LogP contribution in [0.15, 0.2) is 29.2 Å². The lowest BCUT2D eigenvalue weighted by atomic mass is 10.1. The second-order valence-electron chi connectivity index (χ2n) is 5.70. The van der Waals surface area contributed by atoms with E-state index in [0.717, 1.165) is 18.0 Å². The van der Waals surface area contributed by atoms with Gasteiger partial charge in [-0.3, -0.25) is 0 Å². The SMILES string of the molecule is CCCCCCCCCCN1Cc2ccccc2S1=O. The first-order valence-electron chi connectivity index (χ1n) is 8.07. The quantitative estimate of drug-likeness (QED) is 0.606. The standard InChI is InChI=1S/C17H27NOS/c1-2-3-4-5-6-7-8-11-14-18-15-16-12-9-10-13-17(16)20(18)19/h9-10,12-13H,2-8,11,14-15H2,1H3. The molecule has 1 unspecified atom stereocenters. The number of hydrogen-bond donors (Lipinski definition) is 0. The van der Waals surface area contributed by atoms with Crippen LogP contribution in [0, 0.1) is 0 Å². The van der Waals surface area contributed by atoms with E-state index < -0.39 is 11.0 Å². The zero-order valence-electron chi connectivity index (χ0n) is 12.6. The van der Waals surface area contributed by atoms with E-state index in [0.29, 0.717) is 0 Å². The Hall–Kier alpha value is -0.670. The summed E-state index contributed by atoms with van der Waals surface area (Å²) in [5.74, 6) is 0. The average Bonchev–Trinajstić information content (AvgIpc) is 2.79. The molecule has 1 heterocycles. The van der Waals surface area contributed by atoms with E-state index in [-0.39, 0.29) is 0 Å². The fraction of sp³-hybridized carbons (Fsp3) is 0.647. The molecule has 112 valence electrons. The van der Waals surface area contributed by atoms with Gasteiger partial charge in [0, 0.05) is 13.1 Å². The third kappa shape index (κ3) is 4.42. The van der Waals surface area contributed by atoms with Gasteiger partial charge in [-0.1, -0.05) is 70.1 Å². The van der Waals surface area contributed by atoms with E-state index in [1.54, 1.807) is 0 Å². The summed E-state index contributed by atoms with van der Waals surface area (Å²) < 4.78 is 14.4. The van der Waals surface area contributed by atoms with Crippen molar-refractivity contribution in [2.24, 2.45) is 0 Å². The topological polar surface area (TPSA) is 20.3 Å². The van der Waals surface area contributed by atoms with Crippen molar-refractivity contribution < 1.29 is 4.21 Å². The zero-order chi connectivity index (χ0) is 14.2. The molecular weight excluding hydrogens is 266 g/mol. The van der Waals surface area contributed by atoms with Crippen LogP contribution in [0.3, 0.4) is 0 Å². The van der Waals surface area contributed by atoms with Gasteiger partial charge in [-0.15, -0.1) is 0 Å². The van der Waals surface area contributed by atoms with Gasteiger partial charge in [0.25, 0.3) is 0 Å². The maximum atomic E-state index is 12.3. The van der Waals surface area contributed by atoms with E-state index in [4.69, 9.17) is 0 Å². The van der Waals surface area contributed by atoms with Gasteiger partial charge in [-0.05, 0) is 18.1 Å². The lowest BCUT2D eigenvalue weighted by Crippen LogP contribution is -2.20. The van der Waals surface area contributed by atoms with Crippen LogP contribution in [0.25, 0.3) is 0 Å². The maximum Gasteiger partial charge on any atom is 0.128 e. The molecular formula is C17H27NOS. The van der Waals surface area contributed by atoms with Gasteiger partial charge in [0.1, 0.15) is 11.0 Å². The molecule has 20 heavy (non-hydrogen) atoms. The molecule has 0 amide bonds. The molecule has 0 aliphatic carbocycles. The molecule has 0 spiro atoms. The molecule has 3 heteroatoms. The molecule has 0 saturated heterocycles. The van der Waals surface area contributed by atoms with Gasteiger partial charge < -0.3 is 0 Å². The van der Waals surface area contributed by atoms with Crippen LogP contribution >= 0.6 is 0 Å². The molecule has 1 aromatic rings. The van der Waals surface area contributed by atoms with E-state index in [1.165, 1.54) is 56.9 Å². The summed E-state index contributed by atoms with van der Waals surface area (Å²) in [6.07, 6.45) is 10.6. The molecule has 0 radical (unpaired) electrons. The van der Waals surface area contributed by atoms with Gasteiger partial charge in [0.15, 0.2) is 0 Å². The second kappa shape index (κ2) is 8.58.